The number of likely N-dealkylation sites (tertiary alicyclic amines) is 1. The Labute approximate surface area is 175 Å². The van der Waals surface area contributed by atoms with Gasteiger partial charge >= 0.3 is 5.69 Å². The lowest BCUT2D eigenvalue weighted by Gasteiger charge is -2.32. The highest BCUT2D eigenvalue weighted by Gasteiger charge is 2.26. The van der Waals surface area contributed by atoms with Gasteiger partial charge in [0.15, 0.2) is 0 Å². The van der Waals surface area contributed by atoms with Gasteiger partial charge in [0.1, 0.15) is 11.6 Å². The van der Waals surface area contributed by atoms with Crippen LogP contribution < -0.4 is 10.4 Å². The number of aryl methyl sites for hydroxylation is 1. The van der Waals surface area contributed by atoms with E-state index in [2.05, 4.69) is 10.2 Å². The number of rotatable bonds is 5. The van der Waals surface area contributed by atoms with Crippen LogP contribution in [0.4, 0.5) is 0 Å². The number of nitrogens with zero attached hydrogens (tertiary/aromatic N) is 3. The number of ether oxygens (including phenoxy) is 1. The summed E-state index contributed by atoms with van der Waals surface area (Å²) < 4.78 is 6.90. The maximum absolute atomic E-state index is 12.8. The second-order valence-electron chi connectivity index (χ2n) is 7.74. The van der Waals surface area contributed by atoms with Gasteiger partial charge in [-0.15, -0.1) is 0 Å². The van der Waals surface area contributed by atoms with E-state index < -0.39 is 0 Å². The lowest BCUT2D eigenvalue weighted by molar-refractivity contribution is 0.0689. The fourth-order valence-electron chi connectivity index (χ4n) is 4.07. The second kappa shape index (κ2) is 8.57. The van der Waals surface area contributed by atoms with Crippen LogP contribution in [0.25, 0.3) is 5.69 Å². The molecule has 2 aromatic carbocycles. The van der Waals surface area contributed by atoms with Crippen molar-refractivity contribution in [2.24, 2.45) is 5.92 Å². The zero-order valence-electron chi connectivity index (χ0n) is 17.3. The number of para-hydroxylation sites is 1. The molecule has 4 rings (SSSR count). The number of H-pyrrole nitrogens is 1. The van der Waals surface area contributed by atoms with E-state index in [1.165, 1.54) is 0 Å². The van der Waals surface area contributed by atoms with Gasteiger partial charge < -0.3 is 9.64 Å². The van der Waals surface area contributed by atoms with Gasteiger partial charge in [0.2, 0.25) is 0 Å². The fraction of sp³-hybridized carbons (Fsp3) is 0.348. The van der Waals surface area contributed by atoms with Gasteiger partial charge in [-0.1, -0.05) is 24.3 Å². The van der Waals surface area contributed by atoms with Gasteiger partial charge in [0.05, 0.1) is 12.8 Å². The minimum Gasteiger partial charge on any atom is -0.497 e. The Kier molecular flexibility index (Phi) is 5.70. The molecule has 0 unspecified atom stereocenters. The summed E-state index contributed by atoms with van der Waals surface area (Å²) in [5.41, 5.74) is 2.32. The van der Waals surface area contributed by atoms with E-state index >= 15 is 0 Å². The van der Waals surface area contributed by atoms with Crippen LogP contribution in [-0.4, -0.2) is 45.8 Å². The Balaban J connectivity index is 1.43. The summed E-state index contributed by atoms with van der Waals surface area (Å²) in [6, 6.07) is 15.1. The van der Waals surface area contributed by atoms with E-state index in [9.17, 15) is 9.59 Å². The van der Waals surface area contributed by atoms with E-state index in [0.717, 1.165) is 29.9 Å². The molecule has 30 heavy (non-hydrogen) atoms. The predicted molar refractivity (Wildman–Crippen MR) is 114 cm³/mol. The molecule has 0 aliphatic carbocycles. The fourth-order valence-corrected chi connectivity index (χ4v) is 4.07. The summed E-state index contributed by atoms with van der Waals surface area (Å²) in [4.78, 5) is 27.1. The topological polar surface area (TPSA) is 80.2 Å². The van der Waals surface area contributed by atoms with Crippen molar-refractivity contribution in [2.45, 2.75) is 26.2 Å². The molecule has 1 amide bonds. The molecule has 1 aliphatic heterocycles. The van der Waals surface area contributed by atoms with Crippen molar-refractivity contribution in [1.82, 2.24) is 19.7 Å². The quantitative estimate of drug-likeness (QED) is 0.706. The lowest BCUT2D eigenvalue weighted by Crippen LogP contribution is -2.39. The van der Waals surface area contributed by atoms with Crippen molar-refractivity contribution in [3.05, 3.63) is 76.0 Å². The van der Waals surface area contributed by atoms with Crippen LogP contribution in [0.2, 0.25) is 0 Å². The molecule has 156 valence electrons. The molecular formula is C23H26N4O3. The van der Waals surface area contributed by atoms with Crippen LogP contribution >= 0.6 is 0 Å². The van der Waals surface area contributed by atoms with E-state index in [1.54, 1.807) is 17.7 Å². The molecule has 3 aromatic rings. The summed E-state index contributed by atoms with van der Waals surface area (Å²) >= 11 is 0. The number of aromatic amines is 1. The van der Waals surface area contributed by atoms with E-state index in [1.807, 2.05) is 54.3 Å². The summed E-state index contributed by atoms with van der Waals surface area (Å²) in [5.74, 6) is 1.83. The number of amides is 1. The van der Waals surface area contributed by atoms with Crippen molar-refractivity contribution < 1.29 is 9.53 Å². The first kappa shape index (κ1) is 19.9. The largest absolute Gasteiger partial charge is 0.497 e. The van der Waals surface area contributed by atoms with Crippen LogP contribution in [0, 0.1) is 12.8 Å². The van der Waals surface area contributed by atoms with Crippen molar-refractivity contribution in [2.75, 3.05) is 20.2 Å². The first-order valence-electron chi connectivity index (χ1n) is 10.2. The number of aromatic nitrogens is 3. The first-order valence-corrected chi connectivity index (χ1v) is 10.2. The number of hydrogen-bond acceptors (Lipinski definition) is 4. The Morgan fingerprint density at radius 2 is 1.93 bits per heavy atom. The molecule has 0 bridgehead atoms. The molecule has 0 atom stereocenters. The molecule has 1 aliphatic rings. The number of benzene rings is 2. The number of hydrogen-bond donors (Lipinski definition) is 1. The summed E-state index contributed by atoms with van der Waals surface area (Å²) in [6.45, 7) is 3.38. The van der Waals surface area contributed by atoms with Crippen LogP contribution in [0.1, 0.15) is 34.6 Å². The zero-order valence-corrected chi connectivity index (χ0v) is 17.3. The van der Waals surface area contributed by atoms with Crippen molar-refractivity contribution in [3.8, 4) is 11.4 Å². The predicted octanol–water partition coefficient (Wildman–Crippen LogP) is 2.97. The van der Waals surface area contributed by atoms with Crippen molar-refractivity contribution in [1.29, 1.82) is 0 Å². The molecule has 7 heteroatoms. The lowest BCUT2D eigenvalue weighted by atomic mass is 9.92. The number of nitrogens with one attached hydrogen (secondary N) is 1. The molecule has 2 heterocycles. The highest BCUT2D eigenvalue weighted by molar-refractivity contribution is 5.94. The van der Waals surface area contributed by atoms with Crippen LogP contribution in [0.15, 0.2) is 53.3 Å². The molecule has 1 saturated heterocycles. The Hall–Kier alpha value is -3.35. The summed E-state index contributed by atoms with van der Waals surface area (Å²) in [5, 5.41) is 6.87. The highest BCUT2D eigenvalue weighted by Crippen LogP contribution is 2.24. The number of methoxy groups -OCH3 is 1. The van der Waals surface area contributed by atoms with Gasteiger partial charge in [0, 0.05) is 25.1 Å². The summed E-state index contributed by atoms with van der Waals surface area (Å²) in [6.07, 6.45) is 2.46. The van der Waals surface area contributed by atoms with Crippen molar-refractivity contribution in [3.63, 3.8) is 0 Å². The molecule has 0 saturated carbocycles. The van der Waals surface area contributed by atoms with Crippen molar-refractivity contribution >= 4 is 5.91 Å². The van der Waals surface area contributed by atoms with Gasteiger partial charge in [0.25, 0.3) is 5.91 Å². The van der Waals surface area contributed by atoms with Gasteiger partial charge in [-0.25, -0.2) is 14.5 Å². The summed E-state index contributed by atoms with van der Waals surface area (Å²) in [7, 11) is 1.60. The maximum atomic E-state index is 12.8. The third kappa shape index (κ3) is 4.01. The minimum atomic E-state index is -0.218. The first-order chi connectivity index (χ1) is 14.6. The maximum Gasteiger partial charge on any atom is 0.347 e. The normalized spacial score (nSPS) is 14.7. The number of piperidine rings is 1. The average Bonchev–Trinajstić information content (AvgIpc) is 3.14. The van der Waals surface area contributed by atoms with Gasteiger partial charge in [-0.3, -0.25) is 4.79 Å². The smallest absolute Gasteiger partial charge is 0.347 e. The Morgan fingerprint density at radius 3 is 2.67 bits per heavy atom. The SMILES string of the molecule is COc1cccc(C(=O)N2CCC(Cc3n[nH]c(=O)n3-c3ccccc3C)CC2)c1. The van der Waals surface area contributed by atoms with Crippen LogP contribution in [-0.2, 0) is 6.42 Å². The standard InChI is InChI=1S/C23H26N4O3/c1-16-6-3-4-9-20(16)27-21(24-25-23(27)29)14-17-10-12-26(13-11-17)22(28)18-7-5-8-19(15-18)30-2/h3-9,15,17H,10-14H2,1-2H3,(H,25,29). The third-order valence-electron chi connectivity index (χ3n) is 5.79. The number of carbonyl (C=O) groups is 1. The molecule has 1 fully saturated rings. The Morgan fingerprint density at radius 1 is 1.17 bits per heavy atom. The van der Waals surface area contributed by atoms with E-state index in [0.29, 0.717) is 36.7 Å². The third-order valence-corrected chi connectivity index (χ3v) is 5.79. The molecule has 7 nitrogen and oxygen atoms in total. The Bertz CT molecular complexity index is 1090. The monoisotopic (exact) mass is 406 g/mol. The number of carbonyl (C=O) groups excluding carboxylic acids is 1. The van der Waals surface area contributed by atoms with Gasteiger partial charge in [-0.2, -0.15) is 5.10 Å². The molecule has 1 aromatic heterocycles. The molecule has 1 N–H and O–H groups in total. The molecular weight excluding hydrogens is 380 g/mol. The average molecular weight is 406 g/mol. The second-order valence-corrected chi connectivity index (χ2v) is 7.74. The van der Waals surface area contributed by atoms with Crippen LogP contribution in [0.5, 0.6) is 5.75 Å². The zero-order chi connectivity index (χ0) is 21.1. The van der Waals surface area contributed by atoms with Crippen LogP contribution in [0.3, 0.4) is 0 Å². The highest BCUT2D eigenvalue weighted by atomic mass is 16.5. The van der Waals surface area contributed by atoms with E-state index in [-0.39, 0.29) is 11.6 Å². The minimum absolute atomic E-state index is 0.0314. The molecule has 0 radical (unpaired) electrons. The molecule has 0 spiro atoms. The van der Waals surface area contributed by atoms with E-state index in [4.69, 9.17) is 4.74 Å². The van der Waals surface area contributed by atoms with Gasteiger partial charge in [-0.05, 0) is 55.5 Å².